The van der Waals surface area contributed by atoms with E-state index in [9.17, 15) is 9.90 Å². The van der Waals surface area contributed by atoms with E-state index in [0.717, 1.165) is 12.1 Å². The smallest absolute Gasteiger partial charge is 0.231 e. The summed E-state index contributed by atoms with van der Waals surface area (Å²) in [6, 6.07) is 5.10. The van der Waals surface area contributed by atoms with Gasteiger partial charge in [0.15, 0.2) is 0 Å². The molecule has 0 radical (unpaired) electrons. The Morgan fingerprint density at radius 2 is 2.32 bits per heavy atom. The third-order valence-corrected chi connectivity index (χ3v) is 3.15. The maximum atomic E-state index is 11.2. The molecular formula is C14H20N2O3. The van der Waals surface area contributed by atoms with E-state index in [1.165, 1.54) is 0 Å². The lowest BCUT2D eigenvalue weighted by Crippen LogP contribution is -2.39. The maximum Gasteiger partial charge on any atom is 0.231 e. The first-order valence-electron chi connectivity index (χ1n) is 6.45. The second-order valence-corrected chi connectivity index (χ2v) is 5.34. The first kappa shape index (κ1) is 13.7. The van der Waals surface area contributed by atoms with Gasteiger partial charge in [0.05, 0.1) is 12.6 Å². The number of hydrogen-bond donors (Lipinski definition) is 2. The zero-order valence-electron chi connectivity index (χ0n) is 11.3. The zero-order chi connectivity index (χ0) is 14.0. The lowest BCUT2D eigenvalue weighted by molar-refractivity contribution is -0.119. The number of phenols is 1. The molecule has 5 nitrogen and oxygen atoms in total. The Labute approximate surface area is 113 Å². The molecule has 1 aliphatic rings. The number of primary amides is 1. The number of carbonyl (C=O) groups is 1. The van der Waals surface area contributed by atoms with Gasteiger partial charge in [0.1, 0.15) is 18.1 Å². The highest BCUT2D eigenvalue weighted by Crippen LogP contribution is 2.38. The summed E-state index contributed by atoms with van der Waals surface area (Å²) >= 11 is 0. The van der Waals surface area contributed by atoms with Gasteiger partial charge in [-0.05, 0) is 18.1 Å². The van der Waals surface area contributed by atoms with E-state index in [-0.39, 0.29) is 24.2 Å². The van der Waals surface area contributed by atoms with E-state index in [4.69, 9.17) is 10.5 Å². The van der Waals surface area contributed by atoms with Crippen molar-refractivity contribution in [3.05, 3.63) is 23.8 Å². The molecule has 0 aromatic heterocycles. The van der Waals surface area contributed by atoms with Crippen LogP contribution in [-0.4, -0.2) is 35.6 Å². The van der Waals surface area contributed by atoms with Crippen LogP contribution in [0.5, 0.6) is 11.5 Å². The van der Waals surface area contributed by atoms with E-state index in [1.54, 1.807) is 12.1 Å². The van der Waals surface area contributed by atoms with Gasteiger partial charge in [-0.15, -0.1) is 0 Å². The fourth-order valence-electron chi connectivity index (χ4n) is 2.46. The Balaban J connectivity index is 2.22. The van der Waals surface area contributed by atoms with Crippen molar-refractivity contribution >= 4 is 5.91 Å². The first-order chi connectivity index (χ1) is 8.97. The molecule has 0 saturated carbocycles. The Kier molecular flexibility index (Phi) is 3.95. The summed E-state index contributed by atoms with van der Waals surface area (Å²) in [4.78, 5) is 13.3. The molecule has 0 spiro atoms. The van der Waals surface area contributed by atoms with Crippen molar-refractivity contribution in [2.24, 2.45) is 11.7 Å². The fourth-order valence-corrected chi connectivity index (χ4v) is 2.46. The molecule has 19 heavy (non-hydrogen) atoms. The van der Waals surface area contributed by atoms with Gasteiger partial charge in [-0.2, -0.15) is 0 Å². The predicted octanol–water partition coefficient (Wildman–Crippen LogP) is 1.27. The second-order valence-electron chi connectivity index (χ2n) is 5.34. The topological polar surface area (TPSA) is 75.8 Å². The van der Waals surface area contributed by atoms with Crippen molar-refractivity contribution in [3.63, 3.8) is 0 Å². The van der Waals surface area contributed by atoms with Gasteiger partial charge in [0.25, 0.3) is 0 Å². The van der Waals surface area contributed by atoms with E-state index >= 15 is 0 Å². The average molecular weight is 264 g/mol. The molecule has 104 valence electrons. The Morgan fingerprint density at radius 3 is 2.95 bits per heavy atom. The predicted molar refractivity (Wildman–Crippen MR) is 71.9 cm³/mol. The Hall–Kier alpha value is -1.75. The number of fused-ring (bicyclic) bond motifs is 1. The highest BCUT2D eigenvalue weighted by molar-refractivity contribution is 5.76. The number of amides is 1. The number of carbonyl (C=O) groups excluding carboxylic acids is 1. The summed E-state index contributed by atoms with van der Waals surface area (Å²) in [7, 11) is 0. The van der Waals surface area contributed by atoms with E-state index < -0.39 is 0 Å². The molecule has 2 rings (SSSR count). The number of rotatable bonds is 5. The molecule has 0 fully saturated rings. The number of nitrogens with zero attached hydrogens (tertiary/aromatic N) is 1. The molecule has 5 heteroatoms. The third kappa shape index (κ3) is 3.17. The standard InChI is InChI=1S/C14H20N2O3/c1-9(2)6-16(7-14(15)18)12-8-19-13-5-10(17)3-4-11(12)13/h3-5,9,12,17H,6-8H2,1-2H3,(H2,15,18). The van der Waals surface area contributed by atoms with Crippen LogP contribution in [-0.2, 0) is 4.79 Å². The number of ether oxygens (including phenoxy) is 1. The van der Waals surface area contributed by atoms with E-state index in [1.807, 2.05) is 11.0 Å². The van der Waals surface area contributed by atoms with Gasteiger partial charge in [0.2, 0.25) is 5.91 Å². The van der Waals surface area contributed by atoms with Crippen molar-refractivity contribution in [1.29, 1.82) is 0 Å². The highest BCUT2D eigenvalue weighted by atomic mass is 16.5. The quantitative estimate of drug-likeness (QED) is 0.839. The summed E-state index contributed by atoms with van der Waals surface area (Å²) in [6.07, 6.45) is 0. The van der Waals surface area contributed by atoms with Crippen LogP contribution in [0, 0.1) is 5.92 Å². The van der Waals surface area contributed by atoms with Crippen LogP contribution in [0.1, 0.15) is 25.5 Å². The summed E-state index contributed by atoms with van der Waals surface area (Å²) < 4.78 is 5.58. The molecule has 3 N–H and O–H groups in total. The van der Waals surface area contributed by atoms with Gasteiger partial charge >= 0.3 is 0 Å². The second kappa shape index (κ2) is 5.48. The molecule has 1 aromatic rings. The minimum Gasteiger partial charge on any atom is -0.508 e. The molecule has 0 saturated heterocycles. The zero-order valence-corrected chi connectivity index (χ0v) is 11.3. The highest BCUT2D eigenvalue weighted by Gasteiger charge is 2.30. The molecule has 0 aliphatic carbocycles. The van der Waals surface area contributed by atoms with Gasteiger partial charge < -0.3 is 15.6 Å². The van der Waals surface area contributed by atoms with Gasteiger partial charge in [-0.25, -0.2) is 0 Å². The Bertz CT molecular complexity index is 474. The minimum absolute atomic E-state index is 0.0190. The lowest BCUT2D eigenvalue weighted by atomic mass is 10.0. The van der Waals surface area contributed by atoms with Crippen molar-refractivity contribution in [1.82, 2.24) is 4.90 Å². The largest absolute Gasteiger partial charge is 0.508 e. The fraction of sp³-hybridized carbons (Fsp3) is 0.500. The number of hydrogen-bond acceptors (Lipinski definition) is 4. The van der Waals surface area contributed by atoms with Gasteiger partial charge in [-0.3, -0.25) is 9.69 Å². The summed E-state index contributed by atoms with van der Waals surface area (Å²) in [6.45, 7) is 5.67. The average Bonchev–Trinajstić information content (AvgIpc) is 2.69. The SMILES string of the molecule is CC(C)CN(CC(N)=O)C1COc2cc(O)ccc21. The summed E-state index contributed by atoms with van der Waals surface area (Å²) in [5, 5.41) is 9.44. The first-order valence-corrected chi connectivity index (χ1v) is 6.45. The number of nitrogens with two attached hydrogens (primary N) is 1. The third-order valence-electron chi connectivity index (χ3n) is 3.15. The summed E-state index contributed by atoms with van der Waals surface area (Å²) in [5.41, 5.74) is 6.32. The van der Waals surface area contributed by atoms with Crippen LogP contribution in [0.4, 0.5) is 0 Å². The van der Waals surface area contributed by atoms with Crippen LogP contribution < -0.4 is 10.5 Å². The van der Waals surface area contributed by atoms with Gasteiger partial charge in [0, 0.05) is 18.2 Å². The van der Waals surface area contributed by atoms with E-state index in [2.05, 4.69) is 13.8 Å². The molecule has 1 amide bonds. The monoisotopic (exact) mass is 264 g/mol. The van der Waals surface area contributed by atoms with E-state index in [0.29, 0.717) is 18.3 Å². The van der Waals surface area contributed by atoms with Crippen LogP contribution >= 0.6 is 0 Å². The summed E-state index contributed by atoms with van der Waals surface area (Å²) in [5.74, 6) is 0.960. The van der Waals surface area contributed by atoms with Crippen molar-refractivity contribution in [2.45, 2.75) is 19.9 Å². The lowest BCUT2D eigenvalue weighted by Gasteiger charge is -2.28. The van der Waals surface area contributed by atoms with Gasteiger partial charge in [-0.1, -0.05) is 13.8 Å². The maximum absolute atomic E-state index is 11.2. The van der Waals surface area contributed by atoms with Crippen molar-refractivity contribution < 1.29 is 14.6 Å². The van der Waals surface area contributed by atoms with Crippen LogP contribution in [0.2, 0.25) is 0 Å². The normalized spacial score (nSPS) is 17.6. The van der Waals surface area contributed by atoms with Crippen molar-refractivity contribution in [2.75, 3.05) is 19.7 Å². The Morgan fingerprint density at radius 1 is 1.58 bits per heavy atom. The minimum atomic E-state index is -0.340. The van der Waals surface area contributed by atoms with Crippen LogP contribution in [0.25, 0.3) is 0 Å². The molecular weight excluding hydrogens is 244 g/mol. The molecule has 1 aromatic carbocycles. The molecule has 1 unspecified atom stereocenters. The molecule has 0 bridgehead atoms. The van der Waals surface area contributed by atoms with Crippen LogP contribution in [0.15, 0.2) is 18.2 Å². The molecule has 1 aliphatic heterocycles. The number of benzene rings is 1. The number of aromatic hydroxyl groups is 1. The van der Waals surface area contributed by atoms with Crippen LogP contribution in [0.3, 0.4) is 0 Å². The van der Waals surface area contributed by atoms with Crippen molar-refractivity contribution in [3.8, 4) is 11.5 Å². The molecule has 1 atom stereocenters. The number of phenolic OH excluding ortho intramolecular Hbond substituents is 1. The molecule has 1 heterocycles.